The van der Waals surface area contributed by atoms with E-state index in [2.05, 4.69) is 34.1 Å². The van der Waals surface area contributed by atoms with E-state index >= 15 is 0 Å². The highest BCUT2D eigenvalue weighted by Crippen LogP contribution is 2.17. The molecule has 6 heteroatoms. The molecule has 0 bridgehead atoms. The second-order valence-electron chi connectivity index (χ2n) is 7.49. The van der Waals surface area contributed by atoms with Gasteiger partial charge in [0.15, 0.2) is 0 Å². The summed E-state index contributed by atoms with van der Waals surface area (Å²) in [5, 5.41) is 0.550. The van der Waals surface area contributed by atoms with Gasteiger partial charge in [-0.05, 0) is 24.1 Å². The third-order valence-corrected chi connectivity index (χ3v) is 5.63. The Labute approximate surface area is 170 Å². The van der Waals surface area contributed by atoms with Crippen LogP contribution >= 0.6 is 0 Å². The van der Waals surface area contributed by atoms with Crippen molar-refractivity contribution in [3.05, 3.63) is 76.8 Å². The van der Waals surface area contributed by atoms with Gasteiger partial charge in [-0.2, -0.15) is 0 Å². The minimum absolute atomic E-state index is 0.00559. The molecule has 29 heavy (non-hydrogen) atoms. The second-order valence-corrected chi connectivity index (χ2v) is 7.49. The van der Waals surface area contributed by atoms with Crippen LogP contribution in [0.2, 0.25) is 0 Å². The fourth-order valence-corrected chi connectivity index (χ4v) is 3.97. The summed E-state index contributed by atoms with van der Waals surface area (Å²) >= 11 is 0. The monoisotopic (exact) mass is 390 g/mol. The van der Waals surface area contributed by atoms with Crippen LogP contribution in [0.25, 0.3) is 10.9 Å². The summed E-state index contributed by atoms with van der Waals surface area (Å²) in [6.07, 6.45) is 2.07. The van der Waals surface area contributed by atoms with Gasteiger partial charge in [0.2, 0.25) is 5.91 Å². The van der Waals surface area contributed by atoms with Crippen molar-refractivity contribution in [2.75, 3.05) is 26.2 Å². The Morgan fingerprint density at radius 1 is 1.00 bits per heavy atom. The minimum atomic E-state index is -0.514. The number of rotatable bonds is 5. The summed E-state index contributed by atoms with van der Waals surface area (Å²) in [5.74, 6) is 0.00559. The SMILES string of the molecule is CC[C@@H](C(=O)N1CCN(Cc2ccccc2)CC1)n1cnc2ccccc2c1=O. The summed E-state index contributed by atoms with van der Waals surface area (Å²) in [5.41, 5.74) is 1.79. The number of piperazine rings is 1. The third kappa shape index (κ3) is 4.07. The quantitative estimate of drug-likeness (QED) is 0.672. The molecule has 2 heterocycles. The van der Waals surface area contributed by atoms with Gasteiger partial charge in [-0.15, -0.1) is 0 Å². The van der Waals surface area contributed by atoms with Crippen LogP contribution in [0, 0.1) is 0 Å². The fourth-order valence-electron chi connectivity index (χ4n) is 3.97. The number of amides is 1. The normalized spacial score (nSPS) is 16.1. The number of para-hydroxylation sites is 1. The van der Waals surface area contributed by atoms with Crippen LogP contribution in [-0.2, 0) is 11.3 Å². The molecule has 3 aromatic rings. The van der Waals surface area contributed by atoms with Crippen LogP contribution in [0.15, 0.2) is 65.7 Å². The molecule has 1 amide bonds. The molecule has 0 saturated carbocycles. The van der Waals surface area contributed by atoms with E-state index < -0.39 is 6.04 Å². The number of carbonyl (C=O) groups is 1. The van der Waals surface area contributed by atoms with E-state index in [-0.39, 0.29) is 11.5 Å². The van der Waals surface area contributed by atoms with E-state index in [0.29, 0.717) is 30.4 Å². The summed E-state index contributed by atoms with van der Waals surface area (Å²) in [7, 11) is 0. The lowest BCUT2D eigenvalue weighted by molar-refractivity contribution is -0.136. The molecule has 1 aliphatic rings. The first-order valence-corrected chi connectivity index (χ1v) is 10.2. The highest BCUT2D eigenvalue weighted by molar-refractivity contribution is 5.82. The molecule has 1 aromatic heterocycles. The van der Waals surface area contributed by atoms with Gasteiger partial charge < -0.3 is 4.90 Å². The molecule has 1 saturated heterocycles. The summed E-state index contributed by atoms with van der Waals surface area (Å²) < 4.78 is 1.50. The average molecular weight is 390 g/mol. The molecule has 1 fully saturated rings. The van der Waals surface area contributed by atoms with Crippen molar-refractivity contribution in [2.24, 2.45) is 0 Å². The molecule has 0 N–H and O–H groups in total. The molecule has 150 valence electrons. The maximum Gasteiger partial charge on any atom is 0.261 e. The zero-order valence-electron chi connectivity index (χ0n) is 16.7. The Morgan fingerprint density at radius 3 is 2.41 bits per heavy atom. The highest BCUT2D eigenvalue weighted by Gasteiger charge is 2.28. The lowest BCUT2D eigenvalue weighted by atomic mass is 10.1. The molecule has 0 aliphatic carbocycles. The second kappa shape index (κ2) is 8.57. The smallest absolute Gasteiger partial charge is 0.261 e. The Hall–Kier alpha value is -2.99. The zero-order chi connectivity index (χ0) is 20.2. The molecule has 0 unspecified atom stereocenters. The van der Waals surface area contributed by atoms with Crippen molar-refractivity contribution >= 4 is 16.8 Å². The molecule has 1 atom stereocenters. The molecule has 1 aliphatic heterocycles. The molecule has 0 spiro atoms. The number of aromatic nitrogens is 2. The number of hydrogen-bond donors (Lipinski definition) is 0. The van der Waals surface area contributed by atoms with Gasteiger partial charge in [0.05, 0.1) is 17.2 Å². The molecule has 0 radical (unpaired) electrons. The fraction of sp³-hybridized carbons (Fsp3) is 0.348. The molecular formula is C23H26N4O2. The number of carbonyl (C=O) groups excluding carboxylic acids is 1. The maximum absolute atomic E-state index is 13.2. The third-order valence-electron chi connectivity index (χ3n) is 5.63. The molecule has 6 nitrogen and oxygen atoms in total. The predicted octanol–water partition coefficient (Wildman–Crippen LogP) is 2.69. The van der Waals surface area contributed by atoms with E-state index in [9.17, 15) is 9.59 Å². The Morgan fingerprint density at radius 2 is 1.69 bits per heavy atom. The lowest BCUT2D eigenvalue weighted by Crippen LogP contribution is -2.50. The maximum atomic E-state index is 13.2. The highest BCUT2D eigenvalue weighted by atomic mass is 16.2. The van der Waals surface area contributed by atoms with Crippen LogP contribution in [-0.4, -0.2) is 51.4 Å². The van der Waals surface area contributed by atoms with Gasteiger partial charge in [0.25, 0.3) is 5.56 Å². The van der Waals surface area contributed by atoms with Crippen LogP contribution in [0.5, 0.6) is 0 Å². The predicted molar refractivity (Wildman–Crippen MR) is 114 cm³/mol. The molecular weight excluding hydrogens is 364 g/mol. The van der Waals surface area contributed by atoms with Crippen molar-refractivity contribution in [3.8, 4) is 0 Å². The molecule has 4 rings (SSSR count). The van der Waals surface area contributed by atoms with Crippen molar-refractivity contribution in [2.45, 2.75) is 25.9 Å². The largest absolute Gasteiger partial charge is 0.338 e. The van der Waals surface area contributed by atoms with E-state index in [1.807, 2.05) is 36.1 Å². The molecule has 2 aromatic carbocycles. The number of benzene rings is 2. The van der Waals surface area contributed by atoms with Crippen molar-refractivity contribution in [3.63, 3.8) is 0 Å². The van der Waals surface area contributed by atoms with Gasteiger partial charge >= 0.3 is 0 Å². The summed E-state index contributed by atoms with van der Waals surface area (Å²) in [4.78, 5) is 34.8. The van der Waals surface area contributed by atoms with Crippen LogP contribution in [0.3, 0.4) is 0 Å². The van der Waals surface area contributed by atoms with Crippen LogP contribution in [0.4, 0.5) is 0 Å². The standard InChI is InChI=1S/C23H26N4O2/c1-2-21(27-17-24-20-11-7-6-10-19(20)22(27)28)23(29)26-14-12-25(13-15-26)16-18-8-4-3-5-9-18/h3-11,17,21H,2,12-16H2,1H3/t21-/m0/s1. The number of fused-ring (bicyclic) bond motifs is 1. The van der Waals surface area contributed by atoms with Gasteiger partial charge in [0, 0.05) is 32.7 Å². The van der Waals surface area contributed by atoms with Gasteiger partial charge in [0.1, 0.15) is 6.04 Å². The Balaban J connectivity index is 1.46. The van der Waals surface area contributed by atoms with Gasteiger partial charge in [-0.3, -0.25) is 19.1 Å². The van der Waals surface area contributed by atoms with Crippen molar-refractivity contribution in [1.29, 1.82) is 0 Å². The summed E-state index contributed by atoms with van der Waals surface area (Å²) in [6, 6.07) is 17.1. The van der Waals surface area contributed by atoms with E-state index in [1.165, 1.54) is 16.5 Å². The van der Waals surface area contributed by atoms with Crippen LogP contribution < -0.4 is 5.56 Å². The van der Waals surface area contributed by atoms with E-state index in [0.717, 1.165) is 19.6 Å². The Bertz CT molecular complexity index is 1040. The van der Waals surface area contributed by atoms with Crippen molar-refractivity contribution in [1.82, 2.24) is 19.4 Å². The number of hydrogen-bond acceptors (Lipinski definition) is 4. The van der Waals surface area contributed by atoms with Crippen LogP contribution in [0.1, 0.15) is 24.9 Å². The number of nitrogens with zero attached hydrogens (tertiary/aromatic N) is 4. The Kier molecular flexibility index (Phi) is 5.71. The zero-order valence-corrected chi connectivity index (χ0v) is 16.7. The topological polar surface area (TPSA) is 58.4 Å². The van der Waals surface area contributed by atoms with Gasteiger partial charge in [-0.25, -0.2) is 4.98 Å². The first kappa shape index (κ1) is 19.3. The summed E-state index contributed by atoms with van der Waals surface area (Å²) in [6.45, 7) is 5.86. The average Bonchev–Trinajstić information content (AvgIpc) is 2.77. The lowest BCUT2D eigenvalue weighted by Gasteiger charge is -2.36. The first-order chi connectivity index (χ1) is 14.2. The van der Waals surface area contributed by atoms with E-state index in [4.69, 9.17) is 0 Å². The first-order valence-electron chi connectivity index (χ1n) is 10.2. The van der Waals surface area contributed by atoms with Crippen molar-refractivity contribution < 1.29 is 4.79 Å². The minimum Gasteiger partial charge on any atom is -0.338 e. The van der Waals surface area contributed by atoms with Gasteiger partial charge in [-0.1, -0.05) is 49.4 Å². The van der Waals surface area contributed by atoms with E-state index in [1.54, 1.807) is 6.07 Å².